The fourth-order valence-corrected chi connectivity index (χ4v) is 2.08. The molecule has 0 saturated carbocycles. The van der Waals surface area contributed by atoms with E-state index in [1.165, 1.54) is 6.07 Å². The molecule has 0 fully saturated rings. The summed E-state index contributed by atoms with van der Waals surface area (Å²) < 4.78 is 5.42. The Morgan fingerprint density at radius 1 is 1.00 bits per heavy atom. The number of rotatable bonds is 1. The lowest BCUT2D eigenvalue weighted by Crippen LogP contribution is -1.88. The van der Waals surface area contributed by atoms with Crippen LogP contribution in [0.1, 0.15) is 0 Å². The molecule has 17 heavy (non-hydrogen) atoms. The number of benzene rings is 1. The summed E-state index contributed by atoms with van der Waals surface area (Å²) in [5.41, 5.74) is 1.56. The molecule has 0 N–H and O–H groups in total. The largest absolute Gasteiger partial charge is 0.464 e. The van der Waals surface area contributed by atoms with E-state index in [0.717, 1.165) is 16.5 Å². The Hall–Kier alpha value is -1.58. The SMILES string of the molecule is Clc1cc(Cl)nc(-c2coc3ccccc23)n1. The van der Waals surface area contributed by atoms with Gasteiger partial charge in [-0.05, 0) is 6.07 Å². The van der Waals surface area contributed by atoms with Gasteiger partial charge in [-0.3, -0.25) is 0 Å². The predicted molar refractivity (Wildman–Crippen MR) is 67.3 cm³/mol. The van der Waals surface area contributed by atoms with Crippen LogP contribution >= 0.6 is 23.2 Å². The number of fused-ring (bicyclic) bond motifs is 1. The predicted octanol–water partition coefficient (Wildman–Crippen LogP) is 4.20. The smallest absolute Gasteiger partial charge is 0.166 e. The van der Waals surface area contributed by atoms with Crippen LogP contribution < -0.4 is 0 Å². The molecular weight excluding hydrogens is 259 g/mol. The second-order valence-electron chi connectivity index (χ2n) is 3.48. The lowest BCUT2D eigenvalue weighted by atomic mass is 10.1. The van der Waals surface area contributed by atoms with Crippen molar-refractivity contribution in [1.82, 2.24) is 9.97 Å². The highest BCUT2D eigenvalue weighted by molar-refractivity contribution is 6.33. The van der Waals surface area contributed by atoms with Crippen LogP contribution in [0.3, 0.4) is 0 Å². The third kappa shape index (κ3) is 1.88. The molecule has 0 bridgehead atoms. The Kier molecular flexibility index (Phi) is 2.50. The Bertz CT molecular complexity index is 674. The van der Waals surface area contributed by atoms with Crippen molar-refractivity contribution in [1.29, 1.82) is 0 Å². The Balaban J connectivity index is 2.27. The molecule has 3 aromatic rings. The van der Waals surface area contributed by atoms with Crippen LogP contribution in [0.2, 0.25) is 10.3 Å². The molecule has 0 atom stereocenters. The maximum absolute atomic E-state index is 5.85. The molecule has 0 amide bonds. The molecule has 84 valence electrons. The van der Waals surface area contributed by atoms with Gasteiger partial charge in [-0.15, -0.1) is 0 Å². The van der Waals surface area contributed by atoms with Crippen LogP contribution in [-0.2, 0) is 0 Å². The third-order valence-corrected chi connectivity index (χ3v) is 2.77. The van der Waals surface area contributed by atoms with E-state index in [2.05, 4.69) is 9.97 Å². The Morgan fingerprint density at radius 2 is 1.71 bits per heavy atom. The second-order valence-corrected chi connectivity index (χ2v) is 4.26. The first-order valence-electron chi connectivity index (χ1n) is 4.91. The minimum Gasteiger partial charge on any atom is -0.464 e. The van der Waals surface area contributed by atoms with E-state index in [9.17, 15) is 0 Å². The highest BCUT2D eigenvalue weighted by Gasteiger charge is 2.11. The topological polar surface area (TPSA) is 38.9 Å². The summed E-state index contributed by atoms with van der Waals surface area (Å²) in [5, 5.41) is 1.56. The number of hydrogen-bond acceptors (Lipinski definition) is 3. The average Bonchev–Trinajstić information content (AvgIpc) is 2.71. The minimum atomic E-state index is 0.310. The molecule has 0 aliphatic carbocycles. The lowest BCUT2D eigenvalue weighted by Gasteiger charge is -1.98. The van der Waals surface area contributed by atoms with Gasteiger partial charge in [0.05, 0.1) is 5.56 Å². The maximum Gasteiger partial charge on any atom is 0.166 e. The first-order chi connectivity index (χ1) is 8.24. The first-order valence-corrected chi connectivity index (χ1v) is 5.66. The molecule has 0 aliphatic rings. The fraction of sp³-hybridized carbons (Fsp3) is 0. The standard InChI is InChI=1S/C12H6Cl2N2O/c13-10-5-11(14)16-12(15-10)8-6-17-9-4-2-1-3-7(8)9/h1-6H. The van der Waals surface area contributed by atoms with Gasteiger partial charge >= 0.3 is 0 Å². The summed E-state index contributed by atoms with van der Waals surface area (Å²) >= 11 is 11.7. The zero-order valence-corrected chi connectivity index (χ0v) is 10.0. The van der Waals surface area contributed by atoms with E-state index < -0.39 is 0 Å². The minimum absolute atomic E-state index is 0.310. The van der Waals surface area contributed by atoms with Crippen LogP contribution in [0.5, 0.6) is 0 Å². The van der Waals surface area contributed by atoms with Crippen LogP contribution in [0.4, 0.5) is 0 Å². The zero-order chi connectivity index (χ0) is 11.8. The molecule has 3 rings (SSSR count). The van der Waals surface area contributed by atoms with Gasteiger partial charge in [0, 0.05) is 11.5 Å². The van der Waals surface area contributed by atoms with Crippen molar-refractivity contribution < 1.29 is 4.42 Å². The van der Waals surface area contributed by atoms with Crippen molar-refractivity contribution >= 4 is 34.2 Å². The van der Waals surface area contributed by atoms with Gasteiger partial charge in [0.25, 0.3) is 0 Å². The molecule has 5 heteroatoms. The monoisotopic (exact) mass is 264 g/mol. The normalized spacial score (nSPS) is 10.9. The van der Waals surface area contributed by atoms with Crippen molar-refractivity contribution in [2.45, 2.75) is 0 Å². The van der Waals surface area contributed by atoms with Gasteiger partial charge in [-0.2, -0.15) is 0 Å². The van der Waals surface area contributed by atoms with E-state index >= 15 is 0 Å². The van der Waals surface area contributed by atoms with E-state index in [0.29, 0.717) is 16.1 Å². The maximum atomic E-state index is 5.85. The molecule has 0 spiro atoms. The van der Waals surface area contributed by atoms with E-state index in [1.807, 2.05) is 24.3 Å². The van der Waals surface area contributed by atoms with Crippen molar-refractivity contribution in [3.63, 3.8) is 0 Å². The van der Waals surface area contributed by atoms with Crippen molar-refractivity contribution in [3.8, 4) is 11.4 Å². The van der Waals surface area contributed by atoms with Crippen LogP contribution in [-0.4, -0.2) is 9.97 Å². The molecule has 0 radical (unpaired) electrons. The lowest BCUT2D eigenvalue weighted by molar-refractivity contribution is 0.616. The highest BCUT2D eigenvalue weighted by Crippen LogP contribution is 2.29. The van der Waals surface area contributed by atoms with Crippen molar-refractivity contribution in [3.05, 3.63) is 46.9 Å². The molecule has 0 aliphatic heterocycles. The summed E-state index contributed by atoms with van der Waals surface area (Å²) in [6, 6.07) is 9.14. The van der Waals surface area contributed by atoms with E-state index in [-0.39, 0.29) is 0 Å². The van der Waals surface area contributed by atoms with Gasteiger partial charge in [-0.1, -0.05) is 41.4 Å². The fourth-order valence-electron chi connectivity index (χ4n) is 1.66. The van der Waals surface area contributed by atoms with E-state index in [1.54, 1.807) is 6.26 Å². The molecule has 2 aromatic heterocycles. The number of furan rings is 1. The van der Waals surface area contributed by atoms with Gasteiger partial charge < -0.3 is 4.42 Å². The van der Waals surface area contributed by atoms with Crippen LogP contribution in [0, 0.1) is 0 Å². The molecule has 0 unspecified atom stereocenters. The van der Waals surface area contributed by atoms with Gasteiger partial charge in [0.1, 0.15) is 22.2 Å². The van der Waals surface area contributed by atoms with Crippen LogP contribution in [0.25, 0.3) is 22.4 Å². The van der Waals surface area contributed by atoms with E-state index in [4.69, 9.17) is 27.6 Å². The van der Waals surface area contributed by atoms with Crippen LogP contribution in [0.15, 0.2) is 41.0 Å². The Morgan fingerprint density at radius 3 is 2.47 bits per heavy atom. The van der Waals surface area contributed by atoms with Gasteiger partial charge in [-0.25, -0.2) is 9.97 Å². The van der Waals surface area contributed by atoms with Crippen molar-refractivity contribution in [2.24, 2.45) is 0 Å². The molecule has 2 heterocycles. The number of nitrogens with zero attached hydrogens (tertiary/aromatic N) is 2. The number of halogens is 2. The molecule has 1 aromatic carbocycles. The summed E-state index contributed by atoms with van der Waals surface area (Å²) in [6.07, 6.45) is 1.60. The van der Waals surface area contributed by atoms with Gasteiger partial charge in [0.15, 0.2) is 5.82 Å². The number of hydrogen-bond donors (Lipinski definition) is 0. The quantitative estimate of drug-likeness (QED) is 0.619. The number of para-hydroxylation sites is 1. The first kappa shape index (κ1) is 10.6. The summed E-state index contributed by atoms with van der Waals surface area (Å²) in [7, 11) is 0. The second kappa shape index (κ2) is 4.02. The summed E-state index contributed by atoms with van der Waals surface area (Å²) in [4.78, 5) is 8.27. The molecular formula is C12H6Cl2N2O. The van der Waals surface area contributed by atoms with Gasteiger partial charge in [0.2, 0.25) is 0 Å². The zero-order valence-electron chi connectivity index (χ0n) is 8.52. The third-order valence-electron chi connectivity index (χ3n) is 2.39. The molecule has 0 saturated heterocycles. The van der Waals surface area contributed by atoms with Crippen molar-refractivity contribution in [2.75, 3.05) is 0 Å². The average molecular weight is 265 g/mol. The summed E-state index contributed by atoms with van der Waals surface area (Å²) in [5.74, 6) is 0.465. The highest BCUT2D eigenvalue weighted by atomic mass is 35.5. The summed E-state index contributed by atoms with van der Waals surface area (Å²) in [6.45, 7) is 0. The number of aromatic nitrogens is 2. The molecule has 3 nitrogen and oxygen atoms in total. The Labute approximate surface area is 107 Å².